The Bertz CT molecular complexity index is 1400. The lowest BCUT2D eigenvalue weighted by molar-refractivity contribution is -0.116. The van der Waals surface area contributed by atoms with Gasteiger partial charge in [-0.05, 0) is 42.8 Å². The molecular weight excluding hydrogens is 428 g/mol. The van der Waals surface area contributed by atoms with Crippen LogP contribution in [0.25, 0.3) is 22.4 Å². The van der Waals surface area contributed by atoms with Gasteiger partial charge in [0.2, 0.25) is 5.91 Å². The van der Waals surface area contributed by atoms with Crippen LogP contribution in [0.4, 0.5) is 5.69 Å². The number of fused-ring (bicyclic) bond motifs is 1. The molecule has 5 rings (SSSR count). The number of aryl methyl sites for hydroxylation is 1. The standard InChI is InChI=1S/C23H19ClN6O2/c1-15-22-19(20-6-3-9-32-20)7-8-25-23(22)30(28-15)14-21(31)27-18-5-2-4-16(10-18)12-29-13-17(24)11-26-29/h2-11,13H,12,14H2,1H3,(H,27,31). The molecule has 8 nitrogen and oxygen atoms in total. The molecule has 32 heavy (non-hydrogen) atoms. The van der Waals surface area contributed by atoms with Crippen molar-refractivity contribution in [2.24, 2.45) is 0 Å². The Morgan fingerprint density at radius 2 is 2.12 bits per heavy atom. The third-order valence-corrected chi connectivity index (χ3v) is 5.24. The number of nitrogens with zero attached hydrogens (tertiary/aromatic N) is 5. The van der Waals surface area contributed by atoms with Gasteiger partial charge in [0, 0.05) is 23.6 Å². The van der Waals surface area contributed by atoms with Crippen LogP contribution in [0.15, 0.2) is 71.7 Å². The number of hydrogen-bond donors (Lipinski definition) is 1. The van der Waals surface area contributed by atoms with E-state index in [0.717, 1.165) is 28.0 Å². The van der Waals surface area contributed by atoms with Crippen LogP contribution in [-0.4, -0.2) is 30.5 Å². The lowest BCUT2D eigenvalue weighted by atomic mass is 10.1. The average Bonchev–Trinajstić information content (AvgIpc) is 3.50. The first-order valence-corrected chi connectivity index (χ1v) is 10.4. The quantitative estimate of drug-likeness (QED) is 0.413. The number of rotatable bonds is 6. The van der Waals surface area contributed by atoms with E-state index in [1.165, 1.54) is 0 Å². The summed E-state index contributed by atoms with van der Waals surface area (Å²) in [5.74, 6) is 0.540. The van der Waals surface area contributed by atoms with Gasteiger partial charge < -0.3 is 9.73 Å². The number of nitrogens with one attached hydrogen (secondary N) is 1. The zero-order valence-electron chi connectivity index (χ0n) is 17.2. The van der Waals surface area contributed by atoms with Crippen molar-refractivity contribution >= 4 is 34.2 Å². The highest BCUT2D eigenvalue weighted by molar-refractivity contribution is 6.30. The molecule has 0 spiro atoms. The SMILES string of the molecule is Cc1nn(CC(=O)Nc2cccc(Cn3cc(Cl)cn3)c2)c2nccc(-c3ccco3)c12. The van der Waals surface area contributed by atoms with Crippen molar-refractivity contribution < 1.29 is 9.21 Å². The highest BCUT2D eigenvalue weighted by Gasteiger charge is 2.17. The smallest absolute Gasteiger partial charge is 0.246 e. The van der Waals surface area contributed by atoms with Crippen molar-refractivity contribution in [3.63, 3.8) is 0 Å². The molecule has 0 aliphatic heterocycles. The first-order valence-electron chi connectivity index (χ1n) is 9.99. The van der Waals surface area contributed by atoms with E-state index in [-0.39, 0.29) is 12.5 Å². The minimum absolute atomic E-state index is 0.0396. The van der Waals surface area contributed by atoms with Gasteiger partial charge in [0.05, 0.1) is 35.1 Å². The molecule has 0 fully saturated rings. The van der Waals surface area contributed by atoms with Gasteiger partial charge in [-0.2, -0.15) is 10.2 Å². The van der Waals surface area contributed by atoms with Crippen molar-refractivity contribution in [3.8, 4) is 11.3 Å². The summed E-state index contributed by atoms with van der Waals surface area (Å²) in [7, 11) is 0. The summed E-state index contributed by atoms with van der Waals surface area (Å²) >= 11 is 5.93. The van der Waals surface area contributed by atoms with E-state index in [4.69, 9.17) is 16.0 Å². The molecule has 1 amide bonds. The fourth-order valence-corrected chi connectivity index (χ4v) is 3.88. The number of halogens is 1. The fourth-order valence-electron chi connectivity index (χ4n) is 3.72. The van der Waals surface area contributed by atoms with Crippen LogP contribution in [0.2, 0.25) is 5.02 Å². The summed E-state index contributed by atoms with van der Waals surface area (Å²) in [6.45, 7) is 2.49. The third kappa shape index (κ3) is 4.00. The molecular formula is C23H19ClN6O2. The summed E-state index contributed by atoms with van der Waals surface area (Å²) in [4.78, 5) is 17.2. The Balaban J connectivity index is 1.35. The Labute approximate surface area is 188 Å². The molecule has 0 aliphatic rings. The monoisotopic (exact) mass is 446 g/mol. The molecule has 1 aromatic carbocycles. The first-order chi connectivity index (χ1) is 15.6. The van der Waals surface area contributed by atoms with Gasteiger partial charge in [0.15, 0.2) is 5.65 Å². The number of aromatic nitrogens is 5. The van der Waals surface area contributed by atoms with Gasteiger partial charge in [-0.3, -0.25) is 9.48 Å². The molecule has 160 valence electrons. The summed E-state index contributed by atoms with van der Waals surface area (Å²) in [5, 5.41) is 13.1. The minimum atomic E-state index is -0.195. The molecule has 0 atom stereocenters. The number of hydrogen-bond acceptors (Lipinski definition) is 5. The molecule has 4 heterocycles. The number of benzene rings is 1. The number of carbonyl (C=O) groups is 1. The number of amides is 1. The van der Waals surface area contributed by atoms with Gasteiger partial charge in [0.25, 0.3) is 0 Å². The van der Waals surface area contributed by atoms with Gasteiger partial charge in [-0.15, -0.1) is 0 Å². The van der Waals surface area contributed by atoms with Crippen molar-refractivity contribution in [2.75, 3.05) is 5.32 Å². The van der Waals surface area contributed by atoms with Gasteiger partial charge in [0.1, 0.15) is 12.3 Å². The number of carbonyl (C=O) groups excluding carboxylic acids is 1. The molecule has 0 saturated carbocycles. The van der Waals surface area contributed by atoms with Crippen LogP contribution in [-0.2, 0) is 17.9 Å². The van der Waals surface area contributed by atoms with Crippen molar-refractivity contribution in [1.82, 2.24) is 24.5 Å². The maximum atomic E-state index is 12.8. The highest BCUT2D eigenvalue weighted by atomic mass is 35.5. The predicted octanol–water partition coefficient (Wildman–Crippen LogP) is 4.54. The van der Waals surface area contributed by atoms with Gasteiger partial charge >= 0.3 is 0 Å². The lowest BCUT2D eigenvalue weighted by Gasteiger charge is -2.08. The molecule has 4 aromatic heterocycles. The van der Waals surface area contributed by atoms with Crippen LogP contribution < -0.4 is 5.32 Å². The second-order valence-electron chi connectivity index (χ2n) is 7.38. The maximum Gasteiger partial charge on any atom is 0.246 e. The molecule has 0 radical (unpaired) electrons. The topological polar surface area (TPSA) is 90.8 Å². The normalized spacial score (nSPS) is 11.2. The van der Waals surface area contributed by atoms with E-state index >= 15 is 0 Å². The Kier molecular flexibility index (Phi) is 5.20. The molecule has 0 bridgehead atoms. The van der Waals surface area contributed by atoms with Crippen LogP contribution in [0.3, 0.4) is 0 Å². The predicted molar refractivity (Wildman–Crippen MR) is 121 cm³/mol. The Morgan fingerprint density at radius 3 is 2.91 bits per heavy atom. The first kappa shape index (κ1) is 20.0. The van der Waals surface area contributed by atoms with E-state index in [1.54, 1.807) is 34.2 Å². The molecule has 0 saturated heterocycles. The highest BCUT2D eigenvalue weighted by Crippen LogP contribution is 2.30. The molecule has 9 heteroatoms. The molecule has 0 unspecified atom stereocenters. The van der Waals surface area contributed by atoms with Crippen molar-refractivity contribution in [2.45, 2.75) is 20.0 Å². The van der Waals surface area contributed by atoms with E-state index in [9.17, 15) is 4.79 Å². The van der Waals surface area contributed by atoms with Gasteiger partial charge in [-0.1, -0.05) is 23.7 Å². The molecule has 5 aromatic rings. The summed E-state index contributed by atoms with van der Waals surface area (Å²) in [5.41, 5.74) is 4.01. The van der Waals surface area contributed by atoms with Crippen LogP contribution in [0.5, 0.6) is 0 Å². The van der Waals surface area contributed by atoms with E-state index in [1.807, 2.05) is 49.4 Å². The van der Waals surface area contributed by atoms with Crippen molar-refractivity contribution in [1.29, 1.82) is 0 Å². The number of pyridine rings is 1. The zero-order chi connectivity index (χ0) is 22.1. The second-order valence-corrected chi connectivity index (χ2v) is 7.82. The van der Waals surface area contributed by atoms with Crippen molar-refractivity contribution in [3.05, 3.63) is 83.6 Å². The van der Waals surface area contributed by atoms with Crippen LogP contribution >= 0.6 is 11.6 Å². The Morgan fingerprint density at radius 1 is 1.22 bits per heavy atom. The van der Waals surface area contributed by atoms with Crippen LogP contribution in [0, 0.1) is 6.92 Å². The van der Waals surface area contributed by atoms with Crippen LogP contribution in [0.1, 0.15) is 11.3 Å². The minimum Gasteiger partial charge on any atom is -0.464 e. The summed E-state index contributed by atoms with van der Waals surface area (Å²) in [6.07, 6.45) is 6.67. The fraction of sp³-hybridized carbons (Fsp3) is 0.130. The summed E-state index contributed by atoms with van der Waals surface area (Å²) in [6, 6.07) is 13.2. The second kappa shape index (κ2) is 8.32. The number of anilines is 1. The Hall–Kier alpha value is -3.91. The zero-order valence-corrected chi connectivity index (χ0v) is 18.0. The molecule has 1 N–H and O–H groups in total. The third-order valence-electron chi connectivity index (χ3n) is 5.05. The van der Waals surface area contributed by atoms with E-state index < -0.39 is 0 Å². The van der Waals surface area contributed by atoms with Gasteiger partial charge in [-0.25, -0.2) is 9.67 Å². The van der Waals surface area contributed by atoms with E-state index in [2.05, 4.69) is 20.5 Å². The average molecular weight is 447 g/mol. The maximum absolute atomic E-state index is 12.8. The summed E-state index contributed by atoms with van der Waals surface area (Å²) < 4.78 is 8.90. The van der Waals surface area contributed by atoms with E-state index in [0.29, 0.717) is 22.9 Å². The lowest BCUT2D eigenvalue weighted by Crippen LogP contribution is -2.20. The molecule has 0 aliphatic carbocycles. The largest absolute Gasteiger partial charge is 0.464 e. The number of furan rings is 1.